The Kier molecular flexibility index (Phi) is 4.66. The van der Waals surface area contributed by atoms with Gasteiger partial charge in [0.15, 0.2) is 0 Å². The highest BCUT2D eigenvalue weighted by molar-refractivity contribution is 5.86. The van der Waals surface area contributed by atoms with Gasteiger partial charge in [-0.15, -0.1) is 0 Å². The molecule has 0 unspecified atom stereocenters. The maximum atomic E-state index is 11.0. The van der Waals surface area contributed by atoms with Crippen LogP contribution in [-0.2, 0) is 17.6 Å². The summed E-state index contributed by atoms with van der Waals surface area (Å²) in [5.74, 6) is 0.875. The van der Waals surface area contributed by atoms with Crippen molar-refractivity contribution in [3.05, 3.63) is 29.5 Å². The number of methoxy groups -OCH3 is 1. The van der Waals surface area contributed by atoms with E-state index in [0.717, 1.165) is 30.5 Å². The van der Waals surface area contributed by atoms with Gasteiger partial charge in [0.25, 0.3) is 0 Å². The molecule has 0 fully saturated rings. The van der Waals surface area contributed by atoms with E-state index in [1.54, 1.807) is 14.0 Å². The molecule has 0 atom stereocenters. The lowest BCUT2D eigenvalue weighted by Gasteiger charge is -2.05. The molecule has 0 aliphatic carbocycles. The number of nitrogens with one attached hydrogen (secondary N) is 2. The Morgan fingerprint density at radius 2 is 2.15 bits per heavy atom. The van der Waals surface area contributed by atoms with Crippen molar-refractivity contribution < 1.29 is 9.53 Å². The van der Waals surface area contributed by atoms with Crippen LogP contribution in [0, 0.1) is 0 Å². The van der Waals surface area contributed by atoms with Gasteiger partial charge in [-0.05, 0) is 36.6 Å². The van der Waals surface area contributed by atoms with Gasteiger partial charge in [-0.1, -0.05) is 13.3 Å². The second-order valence-electron chi connectivity index (χ2n) is 4.98. The van der Waals surface area contributed by atoms with Crippen LogP contribution in [0.25, 0.3) is 10.9 Å². The number of aromatic nitrogens is 1. The number of carbonyl (C=O) groups excluding carboxylic acids is 1. The fraction of sp³-hybridized carbons (Fsp3) is 0.438. The van der Waals surface area contributed by atoms with Crippen molar-refractivity contribution in [2.45, 2.75) is 33.1 Å². The predicted octanol–water partition coefficient (Wildman–Crippen LogP) is 2.81. The fourth-order valence-corrected chi connectivity index (χ4v) is 2.52. The van der Waals surface area contributed by atoms with Crippen LogP contribution in [0.5, 0.6) is 5.75 Å². The number of ether oxygens (including phenoxy) is 1. The van der Waals surface area contributed by atoms with Gasteiger partial charge in [0.1, 0.15) is 5.75 Å². The molecular weight excluding hydrogens is 252 g/mol. The summed E-state index contributed by atoms with van der Waals surface area (Å²) in [7, 11) is 1.68. The van der Waals surface area contributed by atoms with Crippen LogP contribution in [0.15, 0.2) is 18.2 Å². The minimum Gasteiger partial charge on any atom is -0.497 e. The van der Waals surface area contributed by atoms with Gasteiger partial charge in [-0.2, -0.15) is 0 Å². The molecule has 4 nitrogen and oxygen atoms in total. The maximum absolute atomic E-state index is 11.0. The van der Waals surface area contributed by atoms with Crippen molar-refractivity contribution in [1.82, 2.24) is 10.3 Å². The second-order valence-corrected chi connectivity index (χ2v) is 4.98. The molecule has 20 heavy (non-hydrogen) atoms. The van der Waals surface area contributed by atoms with Crippen LogP contribution in [0.2, 0.25) is 0 Å². The van der Waals surface area contributed by atoms with Gasteiger partial charge in [-0.25, -0.2) is 0 Å². The fourth-order valence-electron chi connectivity index (χ4n) is 2.52. The van der Waals surface area contributed by atoms with E-state index in [-0.39, 0.29) is 5.91 Å². The number of benzene rings is 1. The van der Waals surface area contributed by atoms with Gasteiger partial charge < -0.3 is 15.0 Å². The van der Waals surface area contributed by atoms with Crippen LogP contribution < -0.4 is 10.1 Å². The SMILES string of the molecule is CCCc1[nH]c2ccc(OC)cc2c1CCNC(C)=O. The van der Waals surface area contributed by atoms with E-state index in [0.29, 0.717) is 6.54 Å². The molecule has 2 N–H and O–H groups in total. The first-order chi connectivity index (χ1) is 9.65. The van der Waals surface area contributed by atoms with Crippen LogP contribution in [-0.4, -0.2) is 24.5 Å². The summed E-state index contributed by atoms with van der Waals surface area (Å²) in [6, 6.07) is 6.08. The summed E-state index contributed by atoms with van der Waals surface area (Å²) < 4.78 is 5.31. The first-order valence-corrected chi connectivity index (χ1v) is 7.07. The zero-order valence-corrected chi connectivity index (χ0v) is 12.4. The van der Waals surface area contributed by atoms with E-state index < -0.39 is 0 Å². The third-order valence-corrected chi connectivity index (χ3v) is 3.45. The largest absolute Gasteiger partial charge is 0.497 e. The zero-order valence-electron chi connectivity index (χ0n) is 12.4. The molecule has 1 amide bonds. The first-order valence-electron chi connectivity index (χ1n) is 7.07. The molecule has 0 spiro atoms. The third kappa shape index (κ3) is 3.13. The van der Waals surface area contributed by atoms with Crippen molar-refractivity contribution in [2.24, 2.45) is 0 Å². The van der Waals surface area contributed by atoms with Gasteiger partial charge in [-0.3, -0.25) is 4.79 Å². The number of hydrogen-bond acceptors (Lipinski definition) is 2. The molecule has 108 valence electrons. The van der Waals surface area contributed by atoms with Crippen molar-refractivity contribution in [3.8, 4) is 5.75 Å². The number of H-pyrrole nitrogens is 1. The number of amides is 1. The highest BCUT2D eigenvalue weighted by Crippen LogP contribution is 2.27. The smallest absolute Gasteiger partial charge is 0.216 e. The Bertz CT molecular complexity index is 602. The van der Waals surface area contributed by atoms with Gasteiger partial charge >= 0.3 is 0 Å². The average molecular weight is 274 g/mol. The number of rotatable bonds is 6. The molecule has 0 aliphatic rings. The average Bonchev–Trinajstić information content (AvgIpc) is 2.76. The first kappa shape index (κ1) is 14.4. The Balaban J connectivity index is 2.35. The topological polar surface area (TPSA) is 54.1 Å². The number of fused-ring (bicyclic) bond motifs is 1. The molecule has 4 heteroatoms. The Hall–Kier alpha value is -1.97. The molecule has 0 saturated carbocycles. The molecule has 1 aromatic heterocycles. The van der Waals surface area contributed by atoms with Crippen molar-refractivity contribution in [3.63, 3.8) is 0 Å². The molecule has 0 aliphatic heterocycles. The van der Waals surface area contributed by atoms with E-state index >= 15 is 0 Å². The quantitative estimate of drug-likeness (QED) is 0.851. The van der Waals surface area contributed by atoms with Crippen molar-refractivity contribution in [1.29, 1.82) is 0 Å². The number of carbonyl (C=O) groups is 1. The summed E-state index contributed by atoms with van der Waals surface area (Å²) >= 11 is 0. The molecule has 1 aromatic carbocycles. The molecule has 2 aromatic rings. The Morgan fingerprint density at radius 3 is 2.80 bits per heavy atom. The molecule has 0 radical (unpaired) electrons. The lowest BCUT2D eigenvalue weighted by atomic mass is 10.0. The third-order valence-electron chi connectivity index (χ3n) is 3.45. The normalized spacial score (nSPS) is 10.8. The van der Waals surface area contributed by atoms with E-state index in [9.17, 15) is 4.79 Å². The van der Waals surface area contributed by atoms with Crippen LogP contribution in [0.4, 0.5) is 0 Å². The highest BCUT2D eigenvalue weighted by Gasteiger charge is 2.11. The molecule has 2 rings (SSSR count). The number of hydrogen-bond donors (Lipinski definition) is 2. The lowest BCUT2D eigenvalue weighted by molar-refractivity contribution is -0.118. The van der Waals surface area contributed by atoms with E-state index in [1.165, 1.54) is 16.6 Å². The van der Waals surface area contributed by atoms with E-state index in [1.807, 2.05) is 6.07 Å². The second kappa shape index (κ2) is 6.46. The van der Waals surface area contributed by atoms with Crippen LogP contribution in [0.1, 0.15) is 31.5 Å². The summed E-state index contributed by atoms with van der Waals surface area (Å²) in [5.41, 5.74) is 3.68. The maximum Gasteiger partial charge on any atom is 0.216 e. The minimum absolute atomic E-state index is 0.0134. The molecular formula is C16H22N2O2. The zero-order chi connectivity index (χ0) is 14.5. The Morgan fingerprint density at radius 1 is 1.35 bits per heavy atom. The number of aryl methyl sites for hydroxylation is 1. The monoisotopic (exact) mass is 274 g/mol. The minimum atomic E-state index is 0.0134. The van der Waals surface area contributed by atoms with Gasteiger partial charge in [0.2, 0.25) is 5.91 Å². The van der Waals surface area contributed by atoms with Crippen molar-refractivity contribution in [2.75, 3.05) is 13.7 Å². The summed E-state index contributed by atoms with van der Waals surface area (Å²) in [6.45, 7) is 4.38. The summed E-state index contributed by atoms with van der Waals surface area (Å²) in [5, 5.41) is 4.06. The van der Waals surface area contributed by atoms with Gasteiger partial charge in [0, 0.05) is 30.1 Å². The summed E-state index contributed by atoms with van der Waals surface area (Å²) in [4.78, 5) is 14.5. The van der Waals surface area contributed by atoms with Crippen molar-refractivity contribution >= 4 is 16.8 Å². The predicted molar refractivity (Wildman–Crippen MR) is 81.2 cm³/mol. The summed E-state index contributed by atoms with van der Waals surface area (Å²) in [6.07, 6.45) is 2.95. The number of aromatic amines is 1. The Labute approximate surface area is 119 Å². The van der Waals surface area contributed by atoms with E-state index in [4.69, 9.17) is 4.74 Å². The lowest BCUT2D eigenvalue weighted by Crippen LogP contribution is -2.22. The van der Waals surface area contributed by atoms with E-state index in [2.05, 4.69) is 29.4 Å². The molecule has 1 heterocycles. The van der Waals surface area contributed by atoms with Crippen LogP contribution in [0.3, 0.4) is 0 Å². The molecule has 0 bridgehead atoms. The highest BCUT2D eigenvalue weighted by atomic mass is 16.5. The standard InChI is InChI=1S/C16H22N2O2/c1-4-5-15-13(8-9-17-11(2)19)14-10-12(20-3)6-7-16(14)18-15/h6-7,10,18H,4-5,8-9H2,1-3H3,(H,17,19). The molecule has 0 saturated heterocycles. The van der Waals surface area contributed by atoms with Crippen LogP contribution >= 0.6 is 0 Å². The van der Waals surface area contributed by atoms with Gasteiger partial charge in [0.05, 0.1) is 7.11 Å².